The van der Waals surface area contributed by atoms with Gasteiger partial charge in [0.2, 0.25) is 0 Å². The Hall–Kier alpha value is -1.40. The molecule has 1 atom stereocenters. The molecule has 0 radical (unpaired) electrons. The first kappa shape index (κ1) is 14.6. The number of amides is 2. The number of alkyl halides is 2. The van der Waals surface area contributed by atoms with E-state index in [1.807, 2.05) is 0 Å². The van der Waals surface area contributed by atoms with E-state index in [9.17, 15) is 18.4 Å². The minimum Gasteiger partial charge on any atom is -0.480 e. The van der Waals surface area contributed by atoms with Gasteiger partial charge in [-0.25, -0.2) is 18.4 Å². The molecule has 7 heteroatoms. The number of urea groups is 1. The van der Waals surface area contributed by atoms with Crippen LogP contribution in [0.1, 0.15) is 19.8 Å². The lowest BCUT2D eigenvalue weighted by Gasteiger charge is -2.20. The van der Waals surface area contributed by atoms with Gasteiger partial charge in [0.25, 0.3) is 6.43 Å². The predicted octanol–water partition coefficient (Wildman–Crippen LogP) is 1.15. The van der Waals surface area contributed by atoms with Gasteiger partial charge < -0.3 is 15.3 Å². The molecule has 0 heterocycles. The third-order valence-corrected chi connectivity index (χ3v) is 1.93. The van der Waals surface area contributed by atoms with Crippen LogP contribution in [-0.2, 0) is 4.79 Å². The van der Waals surface area contributed by atoms with Crippen molar-refractivity contribution in [2.45, 2.75) is 32.2 Å². The largest absolute Gasteiger partial charge is 0.480 e. The molecule has 0 saturated heterocycles. The Labute approximate surface area is 92.4 Å². The quantitative estimate of drug-likeness (QED) is 0.729. The number of carbonyl (C=O) groups is 2. The molecule has 0 bridgehead atoms. The standard InChI is InChI=1S/C9H16F2N2O3/c1-3-4-6(8(14)15)12-9(16)13(2)5-7(10)11/h6-7H,3-5H2,1-2H3,(H,12,16)(H,14,15). The summed E-state index contributed by atoms with van der Waals surface area (Å²) < 4.78 is 23.9. The van der Waals surface area contributed by atoms with Gasteiger partial charge in [0, 0.05) is 7.05 Å². The van der Waals surface area contributed by atoms with Gasteiger partial charge in [0.15, 0.2) is 0 Å². The zero-order valence-electron chi connectivity index (χ0n) is 9.24. The fourth-order valence-corrected chi connectivity index (χ4v) is 1.10. The molecule has 16 heavy (non-hydrogen) atoms. The molecular weight excluding hydrogens is 222 g/mol. The molecule has 0 aromatic rings. The summed E-state index contributed by atoms with van der Waals surface area (Å²) >= 11 is 0. The van der Waals surface area contributed by atoms with E-state index in [4.69, 9.17) is 5.11 Å². The summed E-state index contributed by atoms with van der Waals surface area (Å²) in [6, 6.07) is -1.83. The van der Waals surface area contributed by atoms with Gasteiger partial charge in [-0.05, 0) is 6.42 Å². The zero-order chi connectivity index (χ0) is 12.7. The highest BCUT2D eigenvalue weighted by molar-refractivity contribution is 5.82. The number of rotatable bonds is 6. The first-order chi connectivity index (χ1) is 7.38. The van der Waals surface area contributed by atoms with Gasteiger partial charge in [-0.15, -0.1) is 0 Å². The van der Waals surface area contributed by atoms with Crippen molar-refractivity contribution in [2.75, 3.05) is 13.6 Å². The van der Waals surface area contributed by atoms with Crippen molar-refractivity contribution < 1.29 is 23.5 Å². The van der Waals surface area contributed by atoms with Gasteiger partial charge >= 0.3 is 12.0 Å². The lowest BCUT2D eigenvalue weighted by atomic mass is 10.2. The summed E-state index contributed by atoms with van der Waals surface area (Å²) in [5, 5.41) is 10.9. The number of carbonyl (C=O) groups excluding carboxylic acids is 1. The fourth-order valence-electron chi connectivity index (χ4n) is 1.10. The highest BCUT2D eigenvalue weighted by Gasteiger charge is 2.21. The van der Waals surface area contributed by atoms with E-state index >= 15 is 0 Å². The molecule has 0 aliphatic heterocycles. The van der Waals surface area contributed by atoms with E-state index in [1.165, 1.54) is 7.05 Å². The number of hydrogen-bond donors (Lipinski definition) is 2. The van der Waals surface area contributed by atoms with E-state index in [1.54, 1.807) is 6.92 Å². The van der Waals surface area contributed by atoms with Crippen LogP contribution < -0.4 is 5.32 Å². The number of halogens is 2. The van der Waals surface area contributed by atoms with Crippen LogP contribution in [0.5, 0.6) is 0 Å². The highest BCUT2D eigenvalue weighted by Crippen LogP contribution is 2.00. The molecule has 2 amide bonds. The van der Waals surface area contributed by atoms with Gasteiger partial charge in [-0.2, -0.15) is 0 Å². The number of hydrogen-bond acceptors (Lipinski definition) is 2. The van der Waals surface area contributed by atoms with Crippen LogP contribution in [0.15, 0.2) is 0 Å². The van der Waals surface area contributed by atoms with Crippen LogP contribution >= 0.6 is 0 Å². The maximum Gasteiger partial charge on any atom is 0.326 e. The third-order valence-electron chi connectivity index (χ3n) is 1.93. The maximum absolute atomic E-state index is 12.0. The molecule has 1 unspecified atom stereocenters. The van der Waals surface area contributed by atoms with Crippen LogP contribution in [-0.4, -0.2) is 48.1 Å². The molecule has 5 nitrogen and oxygen atoms in total. The van der Waals surface area contributed by atoms with Crippen molar-refractivity contribution in [1.82, 2.24) is 10.2 Å². The lowest BCUT2D eigenvalue weighted by molar-refractivity contribution is -0.139. The van der Waals surface area contributed by atoms with E-state index in [-0.39, 0.29) is 6.42 Å². The van der Waals surface area contributed by atoms with Crippen LogP contribution in [0.4, 0.5) is 13.6 Å². The summed E-state index contributed by atoms with van der Waals surface area (Å²) in [5.41, 5.74) is 0. The van der Waals surface area contributed by atoms with Crippen molar-refractivity contribution in [1.29, 1.82) is 0 Å². The summed E-state index contributed by atoms with van der Waals surface area (Å²) in [7, 11) is 1.19. The van der Waals surface area contributed by atoms with Crippen molar-refractivity contribution in [3.8, 4) is 0 Å². The zero-order valence-corrected chi connectivity index (χ0v) is 9.24. The Balaban J connectivity index is 4.23. The summed E-state index contributed by atoms with van der Waals surface area (Å²) in [5.74, 6) is -1.17. The number of nitrogens with zero attached hydrogens (tertiary/aromatic N) is 1. The average molecular weight is 238 g/mol. The Morgan fingerprint density at radius 3 is 2.38 bits per heavy atom. The van der Waals surface area contributed by atoms with Gasteiger partial charge in [-0.1, -0.05) is 13.3 Å². The fraction of sp³-hybridized carbons (Fsp3) is 0.778. The van der Waals surface area contributed by atoms with E-state index in [0.29, 0.717) is 6.42 Å². The molecular formula is C9H16F2N2O3. The number of nitrogens with one attached hydrogen (secondary N) is 1. The second kappa shape index (κ2) is 6.97. The van der Waals surface area contributed by atoms with Gasteiger partial charge in [0.05, 0.1) is 6.54 Å². The third kappa shape index (κ3) is 5.47. The number of carboxylic acids is 1. The second-order valence-corrected chi connectivity index (χ2v) is 3.40. The van der Waals surface area contributed by atoms with E-state index in [0.717, 1.165) is 4.90 Å². The molecule has 94 valence electrons. The first-order valence-electron chi connectivity index (χ1n) is 4.91. The molecule has 0 aliphatic rings. The SMILES string of the molecule is CCCC(NC(=O)N(C)CC(F)F)C(=O)O. The topological polar surface area (TPSA) is 69.6 Å². The predicted molar refractivity (Wildman–Crippen MR) is 53.5 cm³/mol. The Morgan fingerprint density at radius 1 is 1.44 bits per heavy atom. The van der Waals surface area contributed by atoms with Gasteiger partial charge in [-0.3, -0.25) is 0 Å². The molecule has 0 saturated carbocycles. The molecule has 0 aromatic carbocycles. The Kier molecular flexibility index (Phi) is 6.36. The van der Waals surface area contributed by atoms with Crippen LogP contribution in [0, 0.1) is 0 Å². The summed E-state index contributed by atoms with van der Waals surface area (Å²) in [6.45, 7) is 1.05. The van der Waals surface area contributed by atoms with Crippen molar-refractivity contribution in [2.24, 2.45) is 0 Å². The molecule has 2 N–H and O–H groups in total. The van der Waals surface area contributed by atoms with Crippen LogP contribution in [0.3, 0.4) is 0 Å². The van der Waals surface area contributed by atoms with E-state index < -0.39 is 31.0 Å². The monoisotopic (exact) mass is 238 g/mol. The normalized spacial score (nSPS) is 12.3. The maximum atomic E-state index is 12.0. The van der Waals surface area contributed by atoms with E-state index in [2.05, 4.69) is 5.32 Å². The average Bonchev–Trinajstić information content (AvgIpc) is 2.15. The van der Waals surface area contributed by atoms with Crippen molar-refractivity contribution in [3.05, 3.63) is 0 Å². The second-order valence-electron chi connectivity index (χ2n) is 3.40. The minimum absolute atomic E-state index is 0.267. The Bertz CT molecular complexity index is 249. The molecule has 0 aromatic heterocycles. The number of aliphatic carboxylic acids is 1. The molecule has 0 rings (SSSR count). The minimum atomic E-state index is -2.63. The number of carboxylic acid groups (broad SMARTS) is 1. The summed E-state index contributed by atoms with van der Waals surface area (Å²) in [6.07, 6.45) is -1.79. The smallest absolute Gasteiger partial charge is 0.326 e. The van der Waals surface area contributed by atoms with Crippen LogP contribution in [0.2, 0.25) is 0 Å². The molecule has 0 spiro atoms. The molecule has 0 aliphatic carbocycles. The summed E-state index contributed by atoms with van der Waals surface area (Å²) in [4.78, 5) is 22.7. The van der Waals surface area contributed by atoms with Crippen molar-refractivity contribution in [3.63, 3.8) is 0 Å². The van der Waals surface area contributed by atoms with Crippen molar-refractivity contribution >= 4 is 12.0 Å². The van der Waals surface area contributed by atoms with Gasteiger partial charge in [0.1, 0.15) is 6.04 Å². The highest BCUT2D eigenvalue weighted by atomic mass is 19.3. The lowest BCUT2D eigenvalue weighted by Crippen LogP contribution is -2.47. The van der Waals surface area contributed by atoms with Crippen LogP contribution in [0.25, 0.3) is 0 Å². The Morgan fingerprint density at radius 2 is 2.00 bits per heavy atom. The first-order valence-corrected chi connectivity index (χ1v) is 4.91. The molecule has 0 fully saturated rings.